The standard InChI is InChI=1S/C22H23ClN4O2/c1-13(2)14(3)24-11-15-5-7-18(23)17(9-15)22-26-20(10-21(28)27-22)19-8-6-16(29-4)12-25-19/h5-10,12-13,24H,3,11H2,1-2,4H3,(H,26,27,28). The van der Waals surface area contributed by atoms with Crippen LogP contribution < -0.4 is 15.6 Å². The van der Waals surface area contributed by atoms with Crippen molar-refractivity contribution < 1.29 is 4.74 Å². The molecule has 0 spiro atoms. The van der Waals surface area contributed by atoms with Gasteiger partial charge in [0.15, 0.2) is 0 Å². The van der Waals surface area contributed by atoms with E-state index in [1.165, 1.54) is 6.07 Å². The van der Waals surface area contributed by atoms with Crippen molar-refractivity contribution >= 4 is 11.6 Å². The van der Waals surface area contributed by atoms with Crippen molar-refractivity contribution in [3.63, 3.8) is 0 Å². The molecule has 2 N–H and O–H groups in total. The van der Waals surface area contributed by atoms with Gasteiger partial charge in [-0.2, -0.15) is 0 Å². The summed E-state index contributed by atoms with van der Waals surface area (Å²) in [6, 6.07) is 10.6. The zero-order valence-corrected chi connectivity index (χ0v) is 17.4. The second-order valence-electron chi connectivity index (χ2n) is 6.91. The summed E-state index contributed by atoms with van der Waals surface area (Å²) in [6.45, 7) is 8.78. The lowest BCUT2D eigenvalue weighted by atomic mass is 10.1. The van der Waals surface area contributed by atoms with E-state index in [-0.39, 0.29) is 5.56 Å². The Morgan fingerprint density at radius 2 is 2.03 bits per heavy atom. The van der Waals surface area contributed by atoms with Gasteiger partial charge in [0, 0.05) is 23.9 Å². The number of H-pyrrole nitrogens is 1. The van der Waals surface area contributed by atoms with E-state index < -0.39 is 0 Å². The maximum Gasteiger partial charge on any atom is 0.251 e. The Hall–Kier alpha value is -3.12. The van der Waals surface area contributed by atoms with Gasteiger partial charge in [-0.3, -0.25) is 9.78 Å². The quantitative estimate of drug-likeness (QED) is 0.602. The molecule has 0 aliphatic carbocycles. The Morgan fingerprint density at radius 1 is 1.24 bits per heavy atom. The second kappa shape index (κ2) is 8.92. The van der Waals surface area contributed by atoms with Crippen LogP contribution in [-0.4, -0.2) is 22.1 Å². The summed E-state index contributed by atoms with van der Waals surface area (Å²) in [7, 11) is 1.57. The first-order chi connectivity index (χ1) is 13.9. The zero-order chi connectivity index (χ0) is 21.0. The minimum atomic E-state index is -0.282. The normalized spacial score (nSPS) is 10.8. The summed E-state index contributed by atoms with van der Waals surface area (Å²) in [5.74, 6) is 1.36. The summed E-state index contributed by atoms with van der Waals surface area (Å²) in [5, 5.41) is 3.80. The Balaban J connectivity index is 1.95. The lowest BCUT2D eigenvalue weighted by Crippen LogP contribution is -2.16. The number of benzene rings is 1. The molecule has 1 aromatic carbocycles. The largest absolute Gasteiger partial charge is 0.495 e. The molecule has 150 valence electrons. The molecule has 0 saturated carbocycles. The number of allylic oxidation sites excluding steroid dienone is 1. The van der Waals surface area contributed by atoms with Gasteiger partial charge >= 0.3 is 0 Å². The molecule has 2 heterocycles. The highest BCUT2D eigenvalue weighted by atomic mass is 35.5. The molecular formula is C22H23ClN4O2. The first-order valence-electron chi connectivity index (χ1n) is 9.20. The molecule has 0 aliphatic heterocycles. The molecule has 0 fully saturated rings. The lowest BCUT2D eigenvalue weighted by Gasteiger charge is -2.14. The SMILES string of the molecule is C=C(NCc1ccc(Cl)c(-c2nc(-c3ccc(OC)cn3)cc(=O)[nH]2)c1)C(C)C. The Bertz CT molecular complexity index is 1070. The van der Waals surface area contributed by atoms with Gasteiger partial charge in [-0.1, -0.05) is 38.1 Å². The number of rotatable bonds is 7. The van der Waals surface area contributed by atoms with Crippen LogP contribution in [0, 0.1) is 5.92 Å². The molecule has 0 aliphatic rings. The van der Waals surface area contributed by atoms with Crippen LogP contribution in [0.2, 0.25) is 5.02 Å². The van der Waals surface area contributed by atoms with E-state index in [0.29, 0.717) is 46.0 Å². The van der Waals surface area contributed by atoms with E-state index in [1.807, 2.05) is 12.1 Å². The highest BCUT2D eigenvalue weighted by Gasteiger charge is 2.12. The molecule has 0 radical (unpaired) electrons. The summed E-state index contributed by atoms with van der Waals surface area (Å²) in [5.41, 5.74) is 3.35. The van der Waals surface area contributed by atoms with Crippen molar-refractivity contribution in [1.29, 1.82) is 0 Å². The molecule has 7 heteroatoms. The van der Waals surface area contributed by atoms with Gasteiger partial charge in [0.1, 0.15) is 11.6 Å². The van der Waals surface area contributed by atoms with E-state index in [0.717, 1.165) is 11.3 Å². The summed E-state index contributed by atoms with van der Waals surface area (Å²) < 4.78 is 5.12. The number of nitrogens with one attached hydrogen (secondary N) is 2. The number of hydrogen-bond acceptors (Lipinski definition) is 5. The first-order valence-corrected chi connectivity index (χ1v) is 9.58. The molecule has 3 aromatic rings. The van der Waals surface area contributed by atoms with Gasteiger partial charge in [-0.25, -0.2) is 4.98 Å². The van der Waals surface area contributed by atoms with Crippen molar-refractivity contribution in [2.45, 2.75) is 20.4 Å². The van der Waals surface area contributed by atoms with Crippen LogP contribution in [0.1, 0.15) is 19.4 Å². The smallest absolute Gasteiger partial charge is 0.251 e. The number of aromatic amines is 1. The summed E-state index contributed by atoms with van der Waals surface area (Å²) in [4.78, 5) is 23.9. The molecule has 0 atom stereocenters. The number of halogens is 1. The highest BCUT2D eigenvalue weighted by Crippen LogP contribution is 2.27. The Morgan fingerprint density at radius 3 is 2.69 bits per heavy atom. The molecule has 2 aromatic heterocycles. The summed E-state index contributed by atoms with van der Waals surface area (Å²) in [6.07, 6.45) is 1.58. The second-order valence-corrected chi connectivity index (χ2v) is 7.32. The minimum Gasteiger partial charge on any atom is -0.495 e. The maximum absolute atomic E-state index is 12.3. The molecule has 0 amide bonds. The van der Waals surface area contributed by atoms with Gasteiger partial charge in [-0.05, 0) is 35.7 Å². The van der Waals surface area contributed by atoms with Crippen molar-refractivity contribution in [2.75, 3.05) is 7.11 Å². The fourth-order valence-corrected chi connectivity index (χ4v) is 2.86. The van der Waals surface area contributed by atoms with Gasteiger partial charge in [0.2, 0.25) is 0 Å². The fraction of sp³-hybridized carbons (Fsp3) is 0.227. The average molecular weight is 411 g/mol. The van der Waals surface area contributed by atoms with Crippen molar-refractivity contribution in [3.8, 4) is 28.5 Å². The van der Waals surface area contributed by atoms with Crippen molar-refractivity contribution in [3.05, 3.63) is 75.8 Å². The predicted molar refractivity (Wildman–Crippen MR) is 116 cm³/mol. The lowest BCUT2D eigenvalue weighted by molar-refractivity contribution is 0.413. The topological polar surface area (TPSA) is 79.9 Å². The average Bonchev–Trinajstić information content (AvgIpc) is 2.72. The molecular weight excluding hydrogens is 388 g/mol. The highest BCUT2D eigenvalue weighted by molar-refractivity contribution is 6.33. The van der Waals surface area contributed by atoms with E-state index in [4.69, 9.17) is 16.3 Å². The van der Waals surface area contributed by atoms with E-state index in [1.54, 1.807) is 31.5 Å². The first kappa shape index (κ1) is 20.6. The predicted octanol–water partition coefficient (Wildman–Crippen LogP) is 4.42. The third-order valence-corrected chi connectivity index (χ3v) is 4.81. The van der Waals surface area contributed by atoms with Crippen molar-refractivity contribution in [2.24, 2.45) is 5.92 Å². The van der Waals surface area contributed by atoms with Crippen molar-refractivity contribution in [1.82, 2.24) is 20.3 Å². The van der Waals surface area contributed by atoms with Gasteiger partial charge in [0.25, 0.3) is 5.56 Å². The Kier molecular flexibility index (Phi) is 6.34. The van der Waals surface area contributed by atoms with Gasteiger partial charge < -0.3 is 15.0 Å². The minimum absolute atomic E-state index is 0.282. The zero-order valence-electron chi connectivity index (χ0n) is 16.6. The number of ether oxygens (including phenoxy) is 1. The monoisotopic (exact) mass is 410 g/mol. The van der Waals surface area contributed by atoms with Crippen LogP contribution in [0.4, 0.5) is 0 Å². The molecule has 3 rings (SSSR count). The number of nitrogens with zero attached hydrogens (tertiary/aromatic N) is 2. The number of hydrogen-bond donors (Lipinski definition) is 2. The molecule has 0 unspecified atom stereocenters. The van der Waals surface area contributed by atoms with E-state index in [9.17, 15) is 4.79 Å². The Labute approximate surface area is 174 Å². The van der Waals surface area contributed by atoms with Crippen LogP contribution in [0.5, 0.6) is 5.75 Å². The maximum atomic E-state index is 12.3. The van der Waals surface area contributed by atoms with E-state index in [2.05, 4.69) is 40.7 Å². The number of aromatic nitrogens is 3. The third kappa shape index (κ3) is 5.03. The molecule has 0 saturated heterocycles. The molecule has 0 bridgehead atoms. The number of pyridine rings is 1. The van der Waals surface area contributed by atoms with Crippen LogP contribution in [0.3, 0.4) is 0 Å². The van der Waals surface area contributed by atoms with Gasteiger partial charge in [0.05, 0.1) is 29.7 Å². The van der Waals surface area contributed by atoms with Crippen LogP contribution >= 0.6 is 11.6 Å². The van der Waals surface area contributed by atoms with Crippen LogP contribution in [0.15, 0.2) is 59.7 Å². The van der Waals surface area contributed by atoms with E-state index >= 15 is 0 Å². The van der Waals surface area contributed by atoms with Crippen LogP contribution in [0.25, 0.3) is 22.8 Å². The third-order valence-electron chi connectivity index (χ3n) is 4.48. The molecule has 6 nitrogen and oxygen atoms in total. The van der Waals surface area contributed by atoms with Gasteiger partial charge in [-0.15, -0.1) is 0 Å². The summed E-state index contributed by atoms with van der Waals surface area (Å²) >= 11 is 6.40. The van der Waals surface area contributed by atoms with Crippen LogP contribution in [-0.2, 0) is 6.54 Å². The number of methoxy groups -OCH3 is 1. The fourth-order valence-electron chi connectivity index (χ4n) is 2.65. The molecule has 29 heavy (non-hydrogen) atoms.